The molecule has 1 aliphatic rings. The van der Waals surface area contributed by atoms with E-state index in [4.69, 9.17) is 0 Å². The van der Waals surface area contributed by atoms with Crippen molar-refractivity contribution in [2.75, 3.05) is 36.4 Å². The molecule has 1 amide bonds. The summed E-state index contributed by atoms with van der Waals surface area (Å²) in [6, 6.07) is 23.1. The van der Waals surface area contributed by atoms with Gasteiger partial charge >= 0.3 is 0 Å². The highest BCUT2D eigenvalue weighted by Crippen LogP contribution is 2.24. The summed E-state index contributed by atoms with van der Waals surface area (Å²) in [6.45, 7) is 2.02. The molecule has 14 heteroatoms. The fourth-order valence-corrected chi connectivity index (χ4v) is 6.51. The van der Waals surface area contributed by atoms with Gasteiger partial charge in [-0.05, 0) is 60.2 Å². The number of aromatic nitrogens is 7. The number of anilines is 3. The first kappa shape index (κ1) is 31.6. The van der Waals surface area contributed by atoms with E-state index in [0.29, 0.717) is 77.3 Å². The molecule has 0 aliphatic carbocycles. The topological polar surface area (TPSA) is 147 Å². The SMILES string of the molecule is Cn1c2nc(Nc3ccc(N4CCN(C(=O)c5cc(Cc6n[nH]c(=O)c7ccccc67)ccc5F)CC4)cc3)ncc2c(=O)n1-c1cccnc1. The lowest BCUT2D eigenvalue weighted by Crippen LogP contribution is -2.49. The quantitative estimate of drug-likeness (QED) is 0.253. The molecule has 13 nitrogen and oxygen atoms in total. The lowest BCUT2D eigenvalue weighted by molar-refractivity contribution is 0.0742. The first-order valence-electron chi connectivity index (χ1n) is 16.4. The molecule has 254 valence electrons. The number of pyridine rings is 1. The van der Waals surface area contributed by atoms with Crippen molar-refractivity contribution in [1.82, 2.24) is 39.4 Å². The number of carbonyl (C=O) groups is 1. The second-order valence-corrected chi connectivity index (χ2v) is 12.3. The fourth-order valence-electron chi connectivity index (χ4n) is 6.51. The Bertz CT molecular complexity index is 2540. The summed E-state index contributed by atoms with van der Waals surface area (Å²) in [6.07, 6.45) is 5.11. The van der Waals surface area contributed by atoms with Gasteiger partial charge in [-0.15, -0.1) is 0 Å². The van der Waals surface area contributed by atoms with Gasteiger partial charge in [-0.25, -0.2) is 19.2 Å². The highest BCUT2D eigenvalue weighted by atomic mass is 19.1. The van der Waals surface area contributed by atoms with Crippen LogP contribution in [0.5, 0.6) is 0 Å². The Balaban J connectivity index is 0.918. The summed E-state index contributed by atoms with van der Waals surface area (Å²) < 4.78 is 18.2. The highest BCUT2D eigenvalue weighted by molar-refractivity contribution is 5.95. The van der Waals surface area contributed by atoms with Crippen LogP contribution in [0.25, 0.3) is 27.5 Å². The molecule has 1 fully saturated rings. The van der Waals surface area contributed by atoms with Gasteiger partial charge in [-0.2, -0.15) is 10.1 Å². The number of amides is 1. The van der Waals surface area contributed by atoms with Gasteiger partial charge in [0.25, 0.3) is 17.0 Å². The number of nitrogens with one attached hydrogen (secondary N) is 2. The molecule has 3 aromatic carbocycles. The van der Waals surface area contributed by atoms with E-state index in [1.807, 2.05) is 36.4 Å². The van der Waals surface area contributed by atoms with Crippen LogP contribution in [0, 0.1) is 5.82 Å². The Labute approximate surface area is 289 Å². The molecule has 0 spiro atoms. The molecular weight excluding hydrogens is 651 g/mol. The van der Waals surface area contributed by atoms with E-state index in [9.17, 15) is 18.8 Å². The zero-order valence-electron chi connectivity index (χ0n) is 27.5. The normalized spacial score (nSPS) is 13.2. The summed E-state index contributed by atoms with van der Waals surface area (Å²) >= 11 is 0. The second-order valence-electron chi connectivity index (χ2n) is 12.3. The monoisotopic (exact) mass is 682 g/mol. The van der Waals surface area contributed by atoms with E-state index in [1.165, 1.54) is 16.9 Å². The van der Waals surface area contributed by atoms with E-state index in [2.05, 4.69) is 35.4 Å². The van der Waals surface area contributed by atoms with Gasteiger partial charge in [0.2, 0.25) is 5.95 Å². The van der Waals surface area contributed by atoms with Crippen molar-refractivity contribution < 1.29 is 9.18 Å². The predicted molar refractivity (Wildman–Crippen MR) is 191 cm³/mol. The minimum absolute atomic E-state index is 0.0132. The number of hydrogen-bond donors (Lipinski definition) is 2. The van der Waals surface area contributed by atoms with Gasteiger partial charge in [0.1, 0.15) is 11.2 Å². The average molecular weight is 683 g/mol. The minimum Gasteiger partial charge on any atom is -0.368 e. The minimum atomic E-state index is -0.579. The molecule has 7 aromatic rings. The molecule has 0 unspecified atom stereocenters. The van der Waals surface area contributed by atoms with Gasteiger partial charge in [0.15, 0.2) is 5.65 Å². The number of halogens is 1. The van der Waals surface area contributed by atoms with Crippen molar-refractivity contribution in [3.05, 3.63) is 141 Å². The zero-order valence-corrected chi connectivity index (χ0v) is 27.5. The smallest absolute Gasteiger partial charge is 0.282 e. The van der Waals surface area contributed by atoms with E-state index in [-0.39, 0.29) is 22.6 Å². The number of aromatic amines is 1. The third kappa shape index (κ3) is 5.96. The predicted octanol–water partition coefficient (Wildman–Crippen LogP) is 4.19. The van der Waals surface area contributed by atoms with Crippen molar-refractivity contribution in [3.8, 4) is 5.69 Å². The van der Waals surface area contributed by atoms with Crippen molar-refractivity contribution in [2.45, 2.75) is 6.42 Å². The first-order valence-corrected chi connectivity index (χ1v) is 16.4. The number of nitrogens with zero attached hydrogens (tertiary/aromatic N) is 8. The Kier molecular flexibility index (Phi) is 8.02. The van der Waals surface area contributed by atoms with E-state index in [1.54, 1.807) is 65.4 Å². The average Bonchev–Trinajstić information content (AvgIpc) is 3.42. The van der Waals surface area contributed by atoms with Crippen molar-refractivity contribution >= 4 is 45.0 Å². The maximum absolute atomic E-state index is 15.0. The molecule has 0 radical (unpaired) electrons. The standard InChI is InChI=1S/C37H31FN10O3/c1-45-33-30(36(51)48(45)26-5-4-14-39-21-26)22-40-37(42-33)41-24-9-11-25(12-10-24)46-15-17-47(18-16-46)35(50)29-19-23(8-13-31(29)38)20-32-27-6-2-3-7-28(27)34(49)44-43-32/h2-14,19,21-22H,15-18,20H2,1H3,(H,44,49)(H,40,41,42). The van der Waals surface area contributed by atoms with Crippen LogP contribution in [0.3, 0.4) is 0 Å². The van der Waals surface area contributed by atoms with Gasteiger partial charge in [-0.3, -0.25) is 24.0 Å². The van der Waals surface area contributed by atoms with Crippen molar-refractivity contribution in [3.63, 3.8) is 0 Å². The lowest BCUT2D eigenvalue weighted by Gasteiger charge is -2.36. The molecule has 4 aromatic heterocycles. The number of carbonyl (C=O) groups excluding carboxylic acids is 1. The van der Waals surface area contributed by atoms with Crippen LogP contribution in [0.1, 0.15) is 21.6 Å². The first-order chi connectivity index (χ1) is 24.8. The molecule has 1 saturated heterocycles. The lowest BCUT2D eigenvalue weighted by atomic mass is 10.0. The third-order valence-corrected chi connectivity index (χ3v) is 9.15. The van der Waals surface area contributed by atoms with E-state index < -0.39 is 5.82 Å². The van der Waals surface area contributed by atoms with Crippen molar-refractivity contribution in [1.29, 1.82) is 0 Å². The van der Waals surface area contributed by atoms with Gasteiger partial charge < -0.3 is 15.1 Å². The van der Waals surface area contributed by atoms with E-state index >= 15 is 0 Å². The summed E-state index contributed by atoms with van der Waals surface area (Å²) in [5, 5.41) is 11.6. The molecule has 0 bridgehead atoms. The largest absolute Gasteiger partial charge is 0.368 e. The number of fused-ring (bicyclic) bond motifs is 2. The van der Waals surface area contributed by atoms with Crippen LogP contribution in [0.2, 0.25) is 0 Å². The Hall–Kier alpha value is -6.70. The molecule has 2 N–H and O–H groups in total. The maximum atomic E-state index is 15.0. The fraction of sp³-hybridized carbons (Fsp3) is 0.162. The van der Waals surface area contributed by atoms with Crippen LogP contribution in [0.4, 0.5) is 21.7 Å². The van der Waals surface area contributed by atoms with E-state index in [0.717, 1.165) is 11.4 Å². The number of benzene rings is 3. The number of piperazine rings is 1. The summed E-state index contributed by atoms with van der Waals surface area (Å²) in [4.78, 5) is 55.6. The molecule has 0 saturated carbocycles. The number of hydrogen-bond acceptors (Lipinski definition) is 9. The van der Waals surface area contributed by atoms with Gasteiger partial charge in [0.05, 0.1) is 28.5 Å². The number of rotatable bonds is 7. The van der Waals surface area contributed by atoms with Crippen LogP contribution < -0.4 is 21.3 Å². The zero-order chi connectivity index (χ0) is 35.1. The van der Waals surface area contributed by atoms with Crippen LogP contribution in [0.15, 0.2) is 107 Å². The molecular formula is C37H31FN10O3. The molecule has 51 heavy (non-hydrogen) atoms. The Morgan fingerprint density at radius 2 is 1.67 bits per heavy atom. The van der Waals surface area contributed by atoms with Crippen molar-refractivity contribution in [2.24, 2.45) is 7.05 Å². The van der Waals surface area contributed by atoms with Crippen LogP contribution in [-0.2, 0) is 13.5 Å². The Morgan fingerprint density at radius 1 is 0.882 bits per heavy atom. The number of aryl methyl sites for hydroxylation is 1. The second kappa shape index (κ2) is 13.0. The van der Waals surface area contributed by atoms with Gasteiger partial charge in [-0.1, -0.05) is 24.3 Å². The molecule has 1 aliphatic heterocycles. The van der Waals surface area contributed by atoms with Gasteiger partial charge in [0, 0.05) is 68.8 Å². The molecule has 0 atom stereocenters. The maximum Gasteiger partial charge on any atom is 0.282 e. The summed E-state index contributed by atoms with van der Waals surface area (Å²) in [7, 11) is 1.76. The third-order valence-electron chi connectivity index (χ3n) is 9.15. The summed E-state index contributed by atoms with van der Waals surface area (Å²) in [5.74, 6) is -0.594. The molecule has 8 rings (SSSR count). The summed E-state index contributed by atoms with van der Waals surface area (Å²) in [5.41, 5.74) is 3.73. The Morgan fingerprint density at radius 3 is 2.43 bits per heavy atom. The van der Waals surface area contributed by atoms with Crippen LogP contribution in [-0.4, -0.2) is 71.5 Å². The van der Waals surface area contributed by atoms with Crippen LogP contribution >= 0.6 is 0 Å². The molecule has 5 heterocycles. The highest BCUT2D eigenvalue weighted by Gasteiger charge is 2.25. The number of H-pyrrole nitrogens is 1.